The van der Waals surface area contributed by atoms with Crippen LogP contribution in [0.3, 0.4) is 0 Å². The molecule has 0 aliphatic carbocycles. The van der Waals surface area contributed by atoms with Gasteiger partial charge in [-0.05, 0) is 18.4 Å². The van der Waals surface area contributed by atoms with E-state index in [4.69, 9.17) is 10.2 Å². The van der Waals surface area contributed by atoms with Gasteiger partial charge in [0, 0.05) is 11.8 Å². The molecule has 0 spiro atoms. The molecule has 0 amide bonds. The third-order valence-corrected chi connectivity index (χ3v) is 2.09. The first-order chi connectivity index (χ1) is 5.79. The summed E-state index contributed by atoms with van der Waals surface area (Å²) in [6.07, 6.45) is 1.92. The van der Waals surface area contributed by atoms with Gasteiger partial charge in [0.05, 0.1) is 0 Å². The van der Waals surface area contributed by atoms with Gasteiger partial charge in [0.1, 0.15) is 5.52 Å². The largest absolute Gasteiger partial charge is 0.431 e. The van der Waals surface area contributed by atoms with Crippen LogP contribution in [-0.4, -0.2) is 11.2 Å². The molecule has 0 saturated heterocycles. The van der Waals surface area contributed by atoms with Crippen molar-refractivity contribution in [2.24, 2.45) is 0 Å². The molecule has 0 radical (unpaired) electrons. The van der Waals surface area contributed by atoms with Crippen molar-refractivity contribution >= 4 is 28.5 Å². The first kappa shape index (κ1) is 7.49. The normalized spacial score (nSPS) is 10.8. The number of fused-ring (bicyclic) bond motifs is 1. The van der Waals surface area contributed by atoms with Gasteiger partial charge in [0.2, 0.25) is 0 Å². The SMILES string of the molecule is CSc1nc2ccc(N)cc2o1. The third kappa shape index (κ3) is 1.14. The maximum absolute atomic E-state index is 5.58. The second-order valence-electron chi connectivity index (χ2n) is 2.41. The molecule has 2 aromatic rings. The monoisotopic (exact) mass is 180 g/mol. The van der Waals surface area contributed by atoms with Crippen molar-refractivity contribution in [3.63, 3.8) is 0 Å². The van der Waals surface area contributed by atoms with Crippen molar-refractivity contribution in [2.75, 3.05) is 12.0 Å². The molecule has 3 nitrogen and oxygen atoms in total. The molecule has 62 valence electrons. The van der Waals surface area contributed by atoms with Gasteiger partial charge < -0.3 is 10.2 Å². The van der Waals surface area contributed by atoms with E-state index in [1.54, 1.807) is 6.07 Å². The minimum atomic E-state index is 0.676. The van der Waals surface area contributed by atoms with E-state index < -0.39 is 0 Å². The molecule has 0 bridgehead atoms. The highest BCUT2D eigenvalue weighted by atomic mass is 32.2. The van der Waals surface area contributed by atoms with E-state index in [2.05, 4.69) is 4.98 Å². The van der Waals surface area contributed by atoms with Crippen LogP contribution in [0.15, 0.2) is 27.8 Å². The molecular formula is C8H8N2OS. The summed E-state index contributed by atoms with van der Waals surface area (Å²) in [6, 6.07) is 5.45. The highest BCUT2D eigenvalue weighted by Crippen LogP contribution is 2.22. The van der Waals surface area contributed by atoms with Crippen molar-refractivity contribution in [1.82, 2.24) is 4.98 Å². The molecule has 2 N–H and O–H groups in total. The summed E-state index contributed by atoms with van der Waals surface area (Å²) in [5.74, 6) is 0. The fourth-order valence-electron chi connectivity index (χ4n) is 1.01. The van der Waals surface area contributed by atoms with Crippen LogP contribution in [0, 0.1) is 0 Å². The Morgan fingerprint density at radius 3 is 3.08 bits per heavy atom. The minimum absolute atomic E-state index is 0.676. The lowest BCUT2D eigenvalue weighted by Gasteiger charge is -1.88. The smallest absolute Gasteiger partial charge is 0.256 e. The van der Waals surface area contributed by atoms with Crippen LogP contribution in [-0.2, 0) is 0 Å². The van der Waals surface area contributed by atoms with Crippen LogP contribution >= 0.6 is 11.8 Å². The Kier molecular flexibility index (Phi) is 1.69. The number of rotatable bonds is 1. The van der Waals surface area contributed by atoms with Crippen molar-refractivity contribution < 1.29 is 4.42 Å². The molecule has 1 aromatic carbocycles. The van der Waals surface area contributed by atoms with E-state index in [0.717, 1.165) is 11.1 Å². The Hall–Kier alpha value is -1.16. The van der Waals surface area contributed by atoms with Crippen LogP contribution < -0.4 is 5.73 Å². The van der Waals surface area contributed by atoms with Gasteiger partial charge in [-0.3, -0.25) is 0 Å². The summed E-state index contributed by atoms with van der Waals surface area (Å²) in [5.41, 5.74) is 7.88. The summed E-state index contributed by atoms with van der Waals surface area (Å²) in [5, 5.41) is 0.676. The van der Waals surface area contributed by atoms with Crippen LogP contribution in [0.2, 0.25) is 0 Å². The van der Waals surface area contributed by atoms with E-state index in [9.17, 15) is 0 Å². The fourth-order valence-corrected chi connectivity index (χ4v) is 1.37. The number of nitrogens with zero attached hydrogens (tertiary/aromatic N) is 1. The Bertz CT molecular complexity index is 410. The van der Waals surface area contributed by atoms with Gasteiger partial charge >= 0.3 is 0 Å². The van der Waals surface area contributed by atoms with Crippen molar-refractivity contribution in [3.05, 3.63) is 18.2 Å². The second-order valence-corrected chi connectivity index (χ2v) is 3.17. The third-order valence-electron chi connectivity index (χ3n) is 1.57. The van der Waals surface area contributed by atoms with Gasteiger partial charge in [0.15, 0.2) is 5.58 Å². The van der Waals surface area contributed by atoms with Gasteiger partial charge in [0.25, 0.3) is 5.22 Å². The second kappa shape index (κ2) is 2.71. The number of oxazole rings is 1. The molecule has 0 aliphatic heterocycles. The average Bonchev–Trinajstić information content (AvgIpc) is 2.46. The zero-order chi connectivity index (χ0) is 8.55. The Morgan fingerprint density at radius 2 is 2.33 bits per heavy atom. The zero-order valence-corrected chi connectivity index (χ0v) is 7.39. The number of anilines is 1. The molecule has 4 heteroatoms. The highest BCUT2D eigenvalue weighted by Gasteiger charge is 2.03. The predicted molar refractivity (Wildman–Crippen MR) is 50.2 cm³/mol. The van der Waals surface area contributed by atoms with E-state index in [1.165, 1.54) is 11.8 Å². The minimum Gasteiger partial charge on any atom is -0.431 e. The van der Waals surface area contributed by atoms with Crippen LogP contribution in [0.1, 0.15) is 0 Å². The maximum atomic E-state index is 5.58. The van der Waals surface area contributed by atoms with Crippen LogP contribution in [0.25, 0.3) is 11.1 Å². The quantitative estimate of drug-likeness (QED) is 0.539. The highest BCUT2D eigenvalue weighted by molar-refractivity contribution is 7.98. The number of hydrogen-bond donors (Lipinski definition) is 1. The Labute approximate surface area is 74.0 Å². The van der Waals surface area contributed by atoms with Gasteiger partial charge in [-0.1, -0.05) is 11.8 Å². The maximum Gasteiger partial charge on any atom is 0.256 e. The fraction of sp³-hybridized carbons (Fsp3) is 0.125. The Balaban J connectivity index is 2.67. The molecule has 0 saturated carbocycles. The Morgan fingerprint density at radius 1 is 1.50 bits per heavy atom. The molecule has 0 fully saturated rings. The molecule has 1 heterocycles. The van der Waals surface area contributed by atoms with E-state index in [0.29, 0.717) is 10.9 Å². The lowest BCUT2D eigenvalue weighted by Crippen LogP contribution is -1.81. The summed E-state index contributed by atoms with van der Waals surface area (Å²) < 4.78 is 5.37. The molecule has 0 atom stereocenters. The molecular weight excluding hydrogens is 172 g/mol. The molecule has 12 heavy (non-hydrogen) atoms. The lowest BCUT2D eigenvalue weighted by molar-refractivity contribution is 0.490. The first-order valence-corrected chi connectivity index (χ1v) is 4.72. The van der Waals surface area contributed by atoms with E-state index >= 15 is 0 Å². The number of nitrogens with two attached hydrogens (primary N) is 1. The summed E-state index contributed by atoms with van der Waals surface area (Å²) in [4.78, 5) is 4.21. The summed E-state index contributed by atoms with van der Waals surface area (Å²) in [6.45, 7) is 0. The summed E-state index contributed by atoms with van der Waals surface area (Å²) >= 11 is 1.48. The molecule has 0 aliphatic rings. The number of hydrogen-bond acceptors (Lipinski definition) is 4. The zero-order valence-electron chi connectivity index (χ0n) is 6.57. The van der Waals surface area contributed by atoms with Crippen molar-refractivity contribution in [2.45, 2.75) is 5.22 Å². The molecule has 1 aromatic heterocycles. The van der Waals surface area contributed by atoms with Crippen molar-refractivity contribution in [1.29, 1.82) is 0 Å². The van der Waals surface area contributed by atoms with E-state index in [1.807, 2.05) is 18.4 Å². The number of aromatic nitrogens is 1. The number of benzene rings is 1. The molecule has 2 rings (SSSR count). The van der Waals surface area contributed by atoms with E-state index in [-0.39, 0.29) is 0 Å². The van der Waals surface area contributed by atoms with Gasteiger partial charge in [-0.15, -0.1) is 0 Å². The van der Waals surface area contributed by atoms with Gasteiger partial charge in [-0.2, -0.15) is 0 Å². The number of thioether (sulfide) groups is 1. The van der Waals surface area contributed by atoms with Crippen molar-refractivity contribution in [3.8, 4) is 0 Å². The predicted octanol–water partition coefficient (Wildman–Crippen LogP) is 2.13. The van der Waals surface area contributed by atoms with Crippen LogP contribution in [0.4, 0.5) is 5.69 Å². The van der Waals surface area contributed by atoms with Gasteiger partial charge in [-0.25, -0.2) is 4.98 Å². The molecule has 0 unspecified atom stereocenters. The summed E-state index contributed by atoms with van der Waals surface area (Å²) in [7, 11) is 0. The topological polar surface area (TPSA) is 52.0 Å². The van der Waals surface area contributed by atoms with Crippen LogP contribution in [0.5, 0.6) is 0 Å². The lowest BCUT2D eigenvalue weighted by atomic mass is 10.3. The average molecular weight is 180 g/mol. The number of nitrogen functional groups attached to an aromatic ring is 1. The first-order valence-electron chi connectivity index (χ1n) is 3.49. The standard InChI is InChI=1S/C8H8N2OS/c1-12-8-10-6-3-2-5(9)4-7(6)11-8/h2-4H,9H2,1H3.